The van der Waals surface area contributed by atoms with Crippen molar-refractivity contribution in [2.75, 3.05) is 6.54 Å². The van der Waals surface area contributed by atoms with E-state index >= 15 is 0 Å². The summed E-state index contributed by atoms with van der Waals surface area (Å²) in [6, 6.07) is 8.06. The van der Waals surface area contributed by atoms with E-state index < -0.39 is 4.92 Å². The first-order valence-electron chi connectivity index (χ1n) is 6.31. The summed E-state index contributed by atoms with van der Waals surface area (Å²) in [5, 5.41) is 11.3. The molecule has 0 aliphatic rings. The van der Waals surface area contributed by atoms with Crippen LogP contribution in [0.5, 0.6) is 5.75 Å². The fraction of sp³-hybridized carbons (Fsp3) is 0.214. The fourth-order valence-corrected chi connectivity index (χ4v) is 1.95. The molecule has 0 aliphatic carbocycles. The summed E-state index contributed by atoms with van der Waals surface area (Å²) in [4.78, 5) is 14.7. The van der Waals surface area contributed by atoms with Crippen molar-refractivity contribution >= 4 is 17.3 Å². The monoisotopic (exact) mass is 307 g/mol. The summed E-state index contributed by atoms with van der Waals surface area (Å²) < 4.78 is 5.51. The molecular formula is C14H14ClN3O3. The first-order chi connectivity index (χ1) is 10.1. The van der Waals surface area contributed by atoms with E-state index in [1.165, 1.54) is 6.07 Å². The molecule has 0 amide bonds. The molecular weight excluding hydrogens is 294 g/mol. The van der Waals surface area contributed by atoms with E-state index in [1.807, 2.05) is 6.07 Å². The quantitative estimate of drug-likeness (QED) is 0.654. The number of nitro groups is 1. The number of halogens is 1. The number of aromatic nitrogens is 1. The zero-order valence-electron chi connectivity index (χ0n) is 11.2. The molecule has 0 unspecified atom stereocenters. The van der Waals surface area contributed by atoms with Gasteiger partial charge in [-0.2, -0.15) is 0 Å². The third-order valence-corrected chi connectivity index (χ3v) is 3.07. The Morgan fingerprint density at radius 1 is 1.33 bits per heavy atom. The summed E-state index contributed by atoms with van der Waals surface area (Å²) in [7, 11) is 0. The molecule has 0 radical (unpaired) electrons. The van der Waals surface area contributed by atoms with Crippen LogP contribution in [0, 0.1) is 10.1 Å². The molecule has 0 saturated carbocycles. The molecule has 0 spiro atoms. The standard InChI is InChI=1S/C14H14ClN3O3/c15-11-2-1-10(14(7-11)18(19)20)9-21-13-4-3-12(5-6-16)17-8-13/h1-4,7-8H,5-6,9,16H2. The van der Waals surface area contributed by atoms with E-state index in [-0.39, 0.29) is 12.3 Å². The first-order valence-corrected chi connectivity index (χ1v) is 6.68. The molecule has 0 fully saturated rings. The minimum absolute atomic E-state index is 0.0600. The maximum absolute atomic E-state index is 11.0. The zero-order chi connectivity index (χ0) is 15.2. The lowest BCUT2D eigenvalue weighted by Crippen LogP contribution is -2.04. The number of ether oxygens (including phenoxy) is 1. The molecule has 7 heteroatoms. The Morgan fingerprint density at radius 2 is 2.14 bits per heavy atom. The van der Waals surface area contributed by atoms with Crippen LogP contribution in [-0.2, 0) is 13.0 Å². The van der Waals surface area contributed by atoms with Gasteiger partial charge >= 0.3 is 0 Å². The zero-order valence-corrected chi connectivity index (χ0v) is 11.9. The summed E-state index contributed by atoms with van der Waals surface area (Å²) in [6.07, 6.45) is 2.27. The predicted molar refractivity (Wildman–Crippen MR) is 79.4 cm³/mol. The molecule has 6 nitrogen and oxygen atoms in total. The molecule has 0 aliphatic heterocycles. The lowest BCUT2D eigenvalue weighted by atomic mass is 10.2. The highest BCUT2D eigenvalue weighted by Gasteiger charge is 2.14. The molecule has 0 bridgehead atoms. The highest BCUT2D eigenvalue weighted by molar-refractivity contribution is 6.30. The van der Waals surface area contributed by atoms with Crippen LogP contribution in [0.25, 0.3) is 0 Å². The van der Waals surface area contributed by atoms with Gasteiger partial charge in [0.15, 0.2) is 0 Å². The number of benzene rings is 1. The Hall–Kier alpha value is -2.18. The van der Waals surface area contributed by atoms with Crippen LogP contribution in [0.2, 0.25) is 5.02 Å². The van der Waals surface area contributed by atoms with Crippen LogP contribution in [0.3, 0.4) is 0 Å². The molecule has 1 aromatic carbocycles. The molecule has 0 saturated heterocycles. The predicted octanol–water partition coefficient (Wildman–Crippen LogP) is 2.72. The molecule has 1 heterocycles. The average molecular weight is 308 g/mol. The van der Waals surface area contributed by atoms with Crippen molar-refractivity contribution in [1.29, 1.82) is 0 Å². The van der Waals surface area contributed by atoms with Gasteiger partial charge in [0, 0.05) is 23.2 Å². The molecule has 2 rings (SSSR count). The van der Waals surface area contributed by atoms with E-state index in [0.29, 0.717) is 29.3 Å². The van der Waals surface area contributed by atoms with E-state index in [2.05, 4.69) is 4.98 Å². The van der Waals surface area contributed by atoms with E-state index in [4.69, 9.17) is 22.1 Å². The van der Waals surface area contributed by atoms with Crippen molar-refractivity contribution in [1.82, 2.24) is 4.98 Å². The summed E-state index contributed by atoms with van der Waals surface area (Å²) in [5.74, 6) is 0.542. The van der Waals surface area contributed by atoms with Crippen LogP contribution in [-0.4, -0.2) is 16.5 Å². The van der Waals surface area contributed by atoms with Crippen LogP contribution in [0.4, 0.5) is 5.69 Å². The second kappa shape index (κ2) is 7.01. The molecule has 21 heavy (non-hydrogen) atoms. The Bertz CT molecular complexity index is 632. The Morgan fingerprint density at radius 3 is 2.76 bits per heavy atom. The molecule has 110 valence electrons. The smallest absolute Gasteiger partial charge is 0.277 e. The second-order valence-corrected chi connectivity index (χ2v) is 4.78. The van der Waals surface area contributed by atoms with Crippen molar-refractivity contribution in [3.05, 3.63) is 62.9 Å². The Balaban J connectivity index is 2.07. The van der Waals surface area contributed by atoms with Crippen LogP contribution in [0.1, 0.15) is 11.3 Å². The summed E-state index contributed by atoms with van der Waals surface area (Å²) in [6.45, 7) is 0.607. The van der Waals surface area contributed by atoms with Crippen molar-refractivity contribution in [3.63, 3.8) is 0 Å². The number of hydrogen-bond acceptors (Lipinski definition) is 5. The van der Waals surface area contributed by atoms with Gasteiger partial charge < -0.3 is 10.5 Å². The highest BCUT2D eigenvalue weighted by atomic mass is 35.5. The van der Waals surface area contributed by atoms with Gasteiger partial charge in [0.25, 0.3) is 5.69 Å². The maximum Gasteiger partial charge on any atom is 0.277 e. The van der Waals surface area contributed by atoms with Gasteiger partial charge in [-0.05, 0) is 30.8 Å². The number of nitrogens with zero attached hydrogens (tertiary/aromatic N) is 2. The van der Waals surface area contributed by atoms with Crippen LogP contribution < -0.4 is 10.5 Å². The Kier molecular flexibility index (Phi) is 5.08. The third kappa shape index (κ3) is 4.14. The number of nitrogens with two attached hydrogens (primary N) is 1. The van der Waals surface area contributed by atoms with Gasteiger partial charge in [-0.25, -0.2) is 0 Å². The molecule has 0 atom stereocenters. The SMILES string of the molecule is NCCc1ccc(OCc2ccc(Cl)cc2[N+](=O)[O-])cn1. The number of hydrogen-bond donors (Lipinski definition) is 1. The lowest BCUT2D eigenvalue weighted by Gasteiger charge is -2.07. The topological polar surface area (TPSA) is 91.3 Å². The minimum atomic E-state index is -0.479. The van der Waals surface area contributed by atoms with Gasteiger partial charge in [-0.1, -0.05) is 11.6 Å². The van der Waals surface area contributed by atoms with Gasteiger partial charge in [0.1, 0.15) is 12.4 Å². The highest BCUT2D eigenvalue weighted by Crippen LogP contribution is 2.24. The van der Waals surface area contributed by atoms with Gasteiger partial charge in [-0.15, -0.1) is 0 Å². The van der Waals surface area contributed by atoms with Crippen molar-refractivity contribution < 1.29 is 9.66 Å². The third-order valence-electron chi connectivity index (χ3n) is 2.84. The van der Waals surface area contributed by atoms with Crippen molar-refractivity contribution in [2.45, 2.75) is 13.0 Å². The van der Waals surface area contributed by atoms with E-state index in [0.717, 1.165) is 5.69 Å². The summed E-state index contributed by atoms with van der Waals surface area (Å²) >= 11 is 5.76. The van der Waals surface area contributed by atoms with Gasteiger partial charge in [-0.3, -0.25) is 15.1 Å². The molecule has 2 aromatic rings. The second-order valence-electron chi connectivity index (χ2n) is 4.34. The average Bonchev–Trinajstić information content (AvgIpc) is 2.47. The normalized spacial score (nSPS) is 10.4. The molecule has 2 N–H and O–H groups in total. The molecule has 1 aromatic heterocycles. The first kappa shape index (κ1) is 15.2. The maximum atomic E-state index is 11.0. The largest absolute Gasteiger partial charge is 0.487 e. The van der Waals surface area contributed by atoms with Crippen LogP contribution >= 0.6 is 11.6 Å². The number of nitro benzene ring substituents is 1. The fourth-order valence-electron chi connectivity index (χ4n) is 1.78. The van der Waals surface area contributed by atoms with Gasteiger partial charge in [0.2, 0.25) is 0 Å². The Labute approximate surface area is 126 Å². The van der Waals surface area contributed by atoms with Gasteiger partial charge in [0.05, 0.1) is 16.7 Å². The lowest BCUT2D eigenvalue weighted by molar-refractivity contribution is -0.385. The van der Waals surface area contributed by atoms with E-state index in [1.54, 1.807) is 24.4 Å². The van der Waals surface area contributed by atoms with Crippen molar-refractivity contribution in [3.8, 4) is 5.75 Å². The number of pyridine rings is 1. The van der Waals surface area contributed by atoms with Crippen LogP contribution in [0.15, 0.2) is 36.5 Å². The van der Waals surface area contributed by atoms with E-state index in [9.17, 15) is 10.1 Å². The van der Waals surface area contributed by atoms with Crippen molar-refractivity contribution in [2.24, 2.45) is 5.73 Å². The minimum Gasteiger partial charge on any atom is -0.487 e. The number of rotatable bonds is 6. The summed E-state index contributed by atoms with van der Waals surface area (Å²) in [5.41, 5.74) is 6.72.